The number of benzene rings is 1. The van der Waals surface area contributed by atoms with E-state index >= 15 is 0 Å². The summed E-state index contributed by atoms with van der Waals surface area (Å²) < 4.78 is 13.0. The van der Waals surface area contributed by atoms with E-state index in [0.29, 0.717) is 29.0 Å². The zero-order valence-corrected chi connectivity index (χ0v) is 19.7. The average molecular weight is 404 g/mol. The number of nitrogens with zero attached hydrogens (tertiary/aromatic N) is 1. The first kappa shape index (κ1) is 22.7. The fraction of sp³-hybridized carbons (Fsp3) is 0.609. The molecule has 4 nitrogen and oxygen atoms in total. The monoisotopic (exact) mass is 403 g/mol. The number of ether oxygens (including phenoxy) is 1. The fourth-order valence-electron chi connectivity index (χ4n) is 4.85. The lowest BCUT2D eigenvalue weighted by Crippen LogP contribution is -2.53. The Morgan fingerprint density at radius 1 is 0.964 bits per heavy atom. The van der Waals surface area contributed by atoms with Crippen LogP contribution >= 0.6 is 0 Å². The summed E-state index contributed by atoms with van der Waals surface area (Å²) in [5, 5.41) is 0. The summed E-state index contributed by atoms with van der Waals surface area (Å²) in [5.74, 6) is 0.692. The van der Waals surface area contributed by atoms with Crippen molar-refractivity contribution in [2.75, 3.05) is 7.05 Å². The van der Waals surface area contributed by atoms with E-state index in [1.165, 1.54) is 0 Å². The molecule has 2 atom stereocenters. The van der Waals surface area contributed by atoms with E-state index in [4.69, 9.17) is 9.16 Å². The second-order valence-corrected chi connectivity index (χ2v) is 14.3. The third-order valence-corrected chi connectivity index (χ3v) is 12.3. The van der Waals surface area contributed by atoms with Crippen LogP contribution in [0.2, 0.25) is 16.6 Å². The van der Waals surface area contributed by atoms with E-state index in [2.05, 4.69) is 48.5 Å². The van der Waals surface area contributed by atoms with Crippen molar-refractivity contribution in [2.45, 2.75) is 83.8 Å². The Kier molecular flexibility index (Phi) is 7.51. The van der Waals surface area contributed by atoms with Gasteiger partial charge in [-0.25, -0.2) is 0 Å². The smallest absolute Gasteiger partial charge is 0.250 e. The summed E-state index contributed by atoms with van der Waals surface area (Å²) >= 11 is 0. The van der Waals surface area contributed by atoms with Crippen LogP contribution in [0.1, 0.15) is 54.0 Å². The van der Waals surface area contributed by atoms with Crippen molar-refractivity contribution in [2.24, 2.45) is 0 Å². The van der Waals surface area contributed by atoms with Gasteiger partial charge in [0.25, 0.3) is 0 Å². The highest BCUT2D eigenvalue weighted by Crippen LogP contribution is 2.44. The molecule has 156 valence electrons. The minimum Gasteiger partial charge on any atom is -0.491 e. The Balaban J connectivity index is 2.21. The lowest BCUT2D eigenvalue weighted by atomic mass is 10.1. The van der Waals surface area contributed by atoms with Crippen molar-refractivity contribution in [1.29, 1.82) is 0 Å². The van der Waals surface area contributed by atoms with Gasteiger partial charge in [0, 0.05) is 13.1 Å². The molecule has 1 aromatic rings. The fourth-order valence-corrected chi connectivity index (χ4v) is 10.4. The van der Waals surface area contributed by atoms with Crippen LogP contribution in [0.3, 0.4) is 0 Å². The first-order valence-electron chi connectivity index (χ1n) is 10.4. The van der Waals surface area contributed by atoms with Crippen molar-refractivity contribution in [3.8, 4) is 0 Å². The van der Waals surface area contributed by atoms with Crippen LogP contribution in [0.15, 0.2) is 42.2 Å². The van der Waals surface area contributed by atoms with Crippen molar-refractivity contribution >= 4 is 14.2 Å². The van der Waals surface area contributed by atoms with E-state index in [1.807, 2.05) is 37.4 Å². The van der Waals surface area contributed by atoms with E-state index < -0.39 is 8.32 Å². The van der Waals surface area contributed by atoms with Gasteiger partial charge in [0.2, 0.25) is 14.2 Å². The molecule has 5 heteroatoms. The molecule has 1 heterocycles. The highest BCUT2D eigenvalue weighted by Gasteiger charge is 2.48. The Bertz CT molecular complexity index is 663. The van der Waals surface area contributed by atoms with Crippen LogP contribution < -0.4 is 0 Å². The summed E-state index contributed by atoms with van der Waals surface area (Å²) in [4.78, 5) is 14.2. The van der Waals surface area contributed by atoms with Crippen LogP contribution in [0.4, 0.5) is 0 Å². The van der Waals surface area contributed by atoms with Crippen molar-refractivity contribution in [3.63, 3.8) is 0 Å². The molecule has 0 saturated carbocycles. The first-order chi connectivity index (χ1) is 13.1. The second kappa shape index (κ2) is 9.27. The molecular formula is C23H37NO3Si. The summed E-state index contributed by atoms with van der Waals surface area (Å²) in [5.41, 5.74) is 2.58. The predicted molar refractivity (Wildman–Crippen MR) is 117 cm³/mol. The van der Waals surface area contributed by atoms with Gasteiger partial charge in [0.1, 0.15) is 18.4 Å². The minimum absolute atomic E-state index is 0.0191. The third kappa shape index (κ3) is 4.52. The zero-order chi connectivity index (χ0) is 21.1. The van der Waals surface area contributed by atoms with Crippen LogP contribution in [0, 0.1) is 0 Å². The van der Waals surface area contributed by atoms with Gasteiger partial charge < -0.3 is 14.1 Å². The second-order valence-electron chi connectivity index (χ2n) is 8.86. The molecule has 1 aliphatic rings. The Hall–Kier alpha value is -1.59. The number of likely N-dealkylation sites (N-methyl/N-ethyl adjacent to an activating group) is 1. The van der Waals surface area contributed by atoms with Gasteiger partial charge in [-0.15, -0.1) is 0 Å². The van der Waals surface area contributed by atoms with Gasteiger partial charge in [-0.2, -0.15) is 0 Å². The number of carbonyl (C=O) groups excluding carboxylic acids is 1. The quantitative estimate of drug-likeness (QED) is 0.510. The summed E-state index contributed by atoms with van der Waals surface area (Å²) in [7, 11) is -0.208. The highest BCUT2D eigenvalue weighted by atomic mass is 28.4. The standard InChI is InChI=1S/C23H37NO3Si/c1-16(2)28(17(3)4,18(5)6)27-19(7)23-21(14-22(25)24(23)8)26-15-20-12-10-9-11-13-20/h9-14,16-19,23H,15H2,1-8H3/t19-,23+/m1/s1. The molecular weight excluding hydrogens is 366 g/mol. The molecule has 0 spiro atoms. The van der Waals surface area contributed by atoms with Crippen LogP contribution in [-0.4, -0.2) is 38.3 Å². The number of hydrogen-bond donors (Lipinski definition) is 0. The van der Waals surface area contributed by atoms with Gasteiger partial charge in [-0.1, -0.05) is 71.9 Å². The van der Waals surface area contributed by atoms with E-state index in [0.717, 1.165) is 5.56 Å². The molecule has 0 N–H and O–H groups in total. The molecule has 0 aliphatic carbocycles. The van der Waals surface area contributed by atoms with E-state index in [9.17, 15) is 4.79 Å². The van der Waals surface area contributed by atoms with Crippen molar-refractivity contribution in [3.05, 3.63) is 47.7 Å². The zero-order valence-electron chi connectivity index (χ0n) is 18.7. The number of carbonyl (C=O) groups is 1. The third-order valence-electron chi connectivity index (χ3n) is 6.11. The maximum atomic E-state index is 12.4. The largest absolute Gasteiger partial charge is 0.491 e. The molecule has 1 aliphatic heterocycles. The Labute approximate surface area is 172 Å². The Morgan fingerprint density at radius 3 is 2.00 bits per heavy atom. The summed E-state index contributed by atoms with van der Waals surface area (Å²) in [6, 6.07) is 9.86. The highest BCUT2D eigenvalue weighted by molar-refractivity contribution is 6.77. The van der Waals surface area contributed by atoms with Gasteiger partial charge in [-0.05, 0) is 29.1 Å². The van der Waals surface area contributed by atoms with E-state index in [1.54, 1.807) is 11.0 Å². The number of hydrogen-bond acceptors (Lipinski definition) is 3. The summed E-state index contributed by atoms with van der Waals surface area (Å²) in [6.07, 6.45) is 1.51. The average Bonchev–Trinajstić information content (AvgIpc) is 2.92. The summed E-state index contributed by atoms with van der Waals surface area (Å²) in [6.45, 7) is 16.2. The van der Waals surface area contributed by atoms with Gasteiger partial charge in [-0.3, -0.25) is 4.79 Å². The normalized spacial score (nSPS) is 19.0. The molecule has 1 aromatic carbocycles. The van der Waals surface area contributed by atoms with E-state index in [-0.39, 0.29) is 18.1 Å². The lowest BCUT2D eigenvalue weighted by Gasteiger charge is -2.45. The molecule has 2 rings (SSSR count). The molecule has 0 aromatic heterocycles. The molecule has 0 bridgehead atoms. The van der Waals surface area contributed by atoms with Crippen molar-refractivity contribution < 1.29 is 14.0 Å². The number of rotatable bonds is 9. The molecule has 1 amide bonds. The van der Waals surface area contributed by atoms with Crippen LogP contribution in [0.25, 0.3) is 0 Å². The number of amides is 1. The first-order valence-corrected chi connectivity index (χ1v) is 12.6. The SMILES string of the molecule is CC(C)[Si](O[C@H](C)[C@H]1C(OCc2ccccc2)=CC(=O)N1C)(C(C)C)C(C)C. The van der Waals surface area contributed by atoms with Crippen LogP contribution in [-0.2, 0) is 20.6 Å². The maximum Gasteiger partial charge on any atom is 0.250 e. The molecule has 0 radical (unpaired) electrons. The molecule has 28 heavy (non-hydrogen) atoms. The van der Waals surface area contributed by atoms with Crippen LogP contribution in [0.5, 0.6) is 0 Å². The van der Waals surface area contributed by atoms with Gasteiger partial charge >= 0.3 is 0 Å². The maximum absolute atomic E-state index is 12.4. The Morgan fingerprint density at radius 2 is 1.50 bits per heavy atom. The van der Waals surface area contributed by atoms with Gasteiger partial charge in [0.05, 0.1) is 6.10 Å². The van der Waals surface area contributed by atoms with Gasteiger partial charge in [0.15, 0.2) is 0 Å². The minimum atomic E-state index is -2.05. The topological polar surface area (TPSA) is 38.8 Å². The van der Waals surface area contributed by atoms with Crippen molar-refractivity contribution in [1.82, 2.24) is 4.90 Å². The molecule has 0 saturated heterocycles. The molecule has 0 fully saturated rings. The molecule has 0 unspecified atom stereocenters. The predicted octanol–water partition coefficient (Wildman–Crippen LogP) is 5.51. The lowest BCUT2D eigenvalue weighted by molar-refractivity contribution is -0.126.